The van der Waals surface area contributed by atoms with Crippen molar-refractivity contribution in [2.75, 3.05) is 25.1 Å². The third kappa shape index (κ3) is 6.51. The molecular formula is C13H19FN2O3S. The van der Waals surface area contributed by atoms with Crippen LogP contribution in [-0.2, 0) is 10.8 Å². The Bertz CT molecular complexity index is 471. The second-order valence-electron chi connectivity index (χ2n) is 4.27. The van der Waals surface area contributed by atoms with E-state index >= 15 is 0 Å². The average molecular weight is 302 g/mol. The molecule has 1 aromatic carbocycles. The summed E-state index contributed by atoms with van der Waals surface area (Å²) in [7, 11) is -0.933. The van der Waals surface area contributed by atoms with E-state index in [2.05, 4.69) is 10.6 Å². The maximum atomic E-state index is 13.3. The zero-order chi connectivity index (χ0) is 15.0. The molecule has 1 aromatic rings. The molecule has 0 aliphatic heterocycles. The van der Waals surface area contributed by atoms with Gasteiger partial charge in [-0.15, -0.1) is 0 Å². The van der Waals surface area contributed by atoms with Crippen molar-refractivity contribution >= 4 is 16.8 Å². The summed E-state index contributed by atoms with van der Waals surface area (Å²) in [6.07, 6.45) is 1.21. The molecule has 0 heterocycles. The number of carbonyl (C=O) groups excluding carboxylic acids is 1. The minimum Gasteiger partial charge on any atom is -0.486 e. The van der Waals surface area contributed by atoms with Crippen LogP contribution < -0.4 is 15.4 Å². The molecule has 0 fully saturated rings. The van der Waals surface area contributed by atoms with Crippen molar-refractivity contribution in [3.63, 3.8) is 0 Å². The van der Waals surface area contributed by atoms with Gasteiger partial charge in [0, 0.05) is 29.4 Å². The van der Waals surface area contributed by atoms with Crippen molar-refractivity contribution in [3.05, 3.63) is 30.1 Å². The minimum absolute atomic E-state index is 0.156. The van der Waals surface area contributed by atoms with Crippen LogP contribution in [0.5, 0.6) is 5.75 Å². The molecule has 0 bridgehead atoms. The molecular weight excluding hydrogens is 283 g/mol. The van der Waals surface area contributed by atoms with E-state index in [0.29, 0.717) is 12.3 Å². The molecule has 0 radical (unpaired) electrons. The Hall–Kier alpha value is -1.63. The van der Waals surface area contributed by atoms with Crippen LogP contribution in [0.15, 0.2) is 24.3 Å². The van der Waals surface area contributed by atoms with Gasteiger partial charge < -0.3 is 15.4 Å². The number of halogens is 1. The SMILES string of the molecule is C[C@@H](CNC(=O)NCC[S@@](C)=O)Oc1ccccc1F. The summed E-state index contributed by atoms with van der Waals surface area (Å²) in [5.74, 6) is 0.132. The Balaban J connectivity index is 2.26. The maximum absolute atomic E-state index is 13.3. The van der Waals surface area contributed by atoms with Crippen LogP contribution in [-0.4, -0.2) is 41.4 Å². The Labute approximate surface area is 120 Å². The molecule has 0 unspecified atom stereocenters. The number of ether oxygens (including phenoxy) is 1. The topological polar surface area (TPSA) is 67.4 Å². The highest BCUT2D eigenvalue weighted by atomic mass is 32.2. The van der Waals surface area contributed by atoms with Gasteiger partial charge in [0.25, 0.3) is 0 Å². The molecule has 1 rings (SSSR count). The van der Waals surface area contributed by atoms with Gasteiger partial charge in [-0.25, -0.2) is 9.18 Å². The normalized spacial score (nSPS) is 13.3. The van der Waals surface area contributed by atoms with E-state index in [4.69, 9.17) is 4.74 Å². The fourth-order valence-electron chi connectivity index (χ4n) is 1.41. The Morgan fingerprint density at radius 2 is 2.10 bits per heavy atom. The summed E-state index contributed by atoms with van der Waals surface area (Å²) in [4.78, 5) is 11.4. The monoisotopic (exact) mass is 302 g/mol. The predicted molar refractivity (Wildman–Crippen MR) is 76.8 cm³/mol. The highest BCUT2D eigenvalue weighted by Gasteiger charge is 2.09. The fraction of sp³-hybridized carbons (Fsp3) is 0.462. The van der Waals surface area contributed by atoms with Crippen LogP contribution in [0.2, 0.25) is 0 Å². The summed E-state index contributed by atoms with van der Waals surface area (Å²) in [6, 6.07) is 5.74. The molecule has 0 aliphatic rings. The molecule has 2 amide bonds. The molecule has 0 aromatic heterocycles. The van der Waals surface area contributed by atoms with Crippen molar-refractivity contribution in [1.82, 2.24) is 10.6 Å². The summed E-state index contributed by atoms with van der Waals surface area (Å²) in [5.41, 5.74) is 0. The second-order valence-corrected chi connectivity index (χ2v) is 5.83. The number of hydrogen-bond donors (Lipinski definition) is 2. The number of benzene rings is 1. The van der Waals surface area contributed by atoms with Gasteiger partial charge in [0.2, 0.25) is 0 Å². The first-order chi connectivity index (χ1) is 9.49. The number of urea groups is 1. The predicted octanol–water partition coefficient (Wildman–Crippen LogP) is 1.27. The van der Waals surface area contributed by atoms with Crippen LogP contribution in [0.1, 0.15) is 6.92 Å². The van der Waals surface area contributed by atoms with Crippen molar-refractivity contribution in [2.45, 2.75) is 13.0 Å². The van der Waals surface area contributed by atoms with E-state index in [0.717, 1.165) is 0 Å². The molecule has 0 aliphatic carbocycles. The number of para-hydroxylation sites is 1. The standard InChI is InChI=1S/C13H19FN2O3S/c1-10(19-12-6-4-3-5-11(12)14)9-16-13(17)15-7-8-20(2)18/h3-6,10H,7-9H2,1-2H3,(H2,15,16,17)/t10-,20+/m0/s1. The van der Waals surface area contributed by atoms with Gasteiger partial charge >= 0.3 is 6.03 Å². The number of carbonyl (C=O) groups is 1. The third-order valence-electron chi connectivity index (χ3n) is 2.39. The lowest BCUT2D eigenvalue weighted by atomic mass is 10.3. The van der Waals surface area contributed by atoms with E-state index in [1.54, 1.807) is 25.3 Å². The van der Waals surface area contributed by atoms with Crippen molar-refractivity contribution < 1.29 is 18.1 Å². The zero-order valence-corrected chi connectivity index (χ0v) is 12.3. The summed E-state index contributed by atoms with van der Waals surface area (Å²) in [5, 5.41) is 5.17. The van der Waals surface area contributed by atoms with E-state index in [-0.39, 0.29) is 24.4 Å². The van der Waals surface area contributed by atoms with Gasteiger partial charge in [0.1, 0.15) is 6.10 Å². The third-order valence-corrected chi connectivity index (χ3v) is 3.17. The summed E-state index contributed by atoms with van der Waals surface area (Å²) < 4.78 is 29.5. The van der Waals surface area contributed by atoms with E-state index < -0.39 is 16.6 Å². The van der Waals surface area contributed by atoms with E-state index in [9.17, 15) is 13.4 Å². The second kappa shape index (κ2) is 8.52. The lowest BCUT2D eigenvalue weighted by Gasteiger charge is -2.16. The molecule has 7 heteroatoms. The first kappa shape index (κ1) is 16.4. The lowest BCUT2D eigenvalue weighted by Crippen LogP contribution is -2.41. The van der Waals surface area contributed by atoms with Crippen LogP contribution in [0.4, 0.5) is 9.18 Å². The first-order valence-electron chi connectivity index (χ1n) is 6.22. The van der Waals surface area contributed by atoms with Crippen LogP contribution in [0.3, 0.4) is 0 Å². The quantitative estimate of drug-likeness (QED) is 0.797. The molecule has 112 valence electrons. The number of rotatable bonds is 7. The highest BCUT2D eigenvalue weighted by Crippen LogP contribution is 2.16. The lowest BCUT2D eigenvalue weighted by molar-refractivity contribution is 0.201. The van der Waals surface area contributed by atoms with Gasteiger partial charge in [-0.1, -0.05) is 12.1 Å². The largest absolute Gasteiger partial charge is 0.486 e. The molecule has 0 saturated carbocycles. The highest BCUT2D eigenvalue weighted by molar-refractivity contribution is 7.84. The molecule has 0 spiro atoms. The number of nitrogens with one attached hydrogen (secondary N) is 2. The summed E-state index contributed by atoms with van der Waals surface area (Å²) >= 11 is 0. The Morgan fingerprint density at radius 3 is 2.75 bits per heavy atom. The van der Waals surface area contributed by atoms with Gasteiger partial charge in [-0.3, -0.25) is 4.21 Å². The molecule has 2 atom stereocenters. The van der Waals surface area contributed by atoms with E-state index in [1.807, 2.05) is 0 Å². The zero-order valence-electron chi connectivity index (χ0n) is 11.5. The smallest absolute Gasteiger partial charge is 0.314 e. The fourth-order valence-corrected chi connectivity index (χ4v) is 1.80. The first-order valence-corrected chi connectivity index (χ1v) is 7.94. The van der Waals surface area contributed by atoms with Gasteiger partial charge in [-0.05, 0) is 19.1 Å². The van der Waals surface area contributed by atoms with Gasteiger partial charge in [0.05, 0.1) is 6.54 Å². The van der Waals surface area contributed by atoms with Crippen molar-refractivity contribution in [1.29, 1.82) is 0 Å². The van der Waals surface area contributed by atoms with Gasteiger partial charge in [0.15, 0.2) is 11.6 Å². The number of hydrogen-bond acceptors (Lipinski definition) is 3. The summed E-state index contributed by atoms with van der Waals surface area (Å²) in [6.45, 7) is 2.32. The number of amides is 2. The van der Waals surface area contributed by atoms with Crippen LogP contribution in [0.25, 0.3) is 0 Å². The average Bonchev–Trinajstić information content (AvgIpc) is 2.39. The van der Waals surface area contributed by atoms with Crippen molar-refractivity contribution in [2.24, 2.45) is 0 Å². The molecule has 20 heavy (non-hydrogen) atoms. The Morgan fingerprint density at radius 1 is 1.40 bits per heavy atom. The van der Waals surface area contributed by atoms with Crippen molar-refractivity contribution in [3.8, 4) is 5.75 Å². The van der Waals surface area contributed by atoms with Crippen LogP contribution >= 0.6 is 0 Å². The van der Waals surface area contributed by atoms with Crippen LogP contribution in [0, 0.1) is 5.82 Å². The van der Waals surface area contributed by atoms with Gasteiger partial charge in [-0.2, -0.15) is 0 Å². The molecule has 0 saturated heterocycles. The molecule has 2 N–H and O–H groups in total. The maximum Gasteiger partial charge on any atom is 0.314 e. The minimum atomic E-state index is -0.933. The molecule has 5 nitrogen and oxygen atoms in total. The Kier molecular flexibility index (Phi) is 7.00. The van der Waals surface area contributed by atoms with E-state index in [1.165, 1.54) is 12.1 Å².